The third kappa shape index (κ3) is 4.59. The van der Waals surface area contributed by atoms with Crippen LogP contribution in [-0.4, -0.2) is 66.1 Å². The largest absolute Gasteiger partial charge is 0.434 e. The Bertz CT molecular complexity index is 1080. The average molecular weight is 451 g/mol. The first kappa shape index (κ1) is 22.1. The number of amides is 5. The van der Waals surface area contributed by atoms with Crippen molar-refractivity contribution in [3.63, 3.8) is 0 Å². The van der Waals surface area contributed by atoms with Gasteiger partial charge in [-0.25, -0.2) is 9.59 Å². The van der Waals surface area contributed by atoms with Gasteiger partial charge in [0.2, 0.25) is 5.91 Å². The van der Waals surface area contributed by atoms with Crippen LogP contribution in [0.2, 0.25) is 0 Å². The molecule has 0 aliphatic carbocycles. The molecule has 10 nitrogen and oxygen atoms in total. The molecule has 33 heavy (non-hydrogen) atoms. The van der Waals surface area contributed by atoms with Gasteiger partial charge in [-0.1, -0.05) is 41.5 Å². The van der Waals surface area contributed by atoms with Gasteiger partial charge in [-0.05, 0) is 30.2 Å². The Morgan fingerprint density at radius 1 is 1.03 bits per heavy atom. The number of carbonyl (C=O) groups excluding carboxylic acids is 4. The van der Waals surface area contributed by atoms with Gasteiger partial charge >= 0.3 is 12.1 Å². The minimum absolute atomic E-state index is 0.307. The number of imide groups is 1. The lowest BCUT2D eigenvalue weighted by atomic mass is 10.0. The molecule has 2 saturated heterocycles. The fourth-order valence-corrected chi connectivity index (χ4v) is 4.08. The summed E-state index contributed by atoms with van der Waals surface area (Å²) in [6, 6.07) is 13.1. The molecule has 0 radical (unpaired) electrons. The van der Waals surface area contributed by atoms with Crippen LogP contribution in [0.1, 0.15) is 21.5 Å². The molecule has 2 fully saturated rings. The van der Waals surface area contributed by atoms with Crippen LogP contribution in [0.5, 0.6) is 0 Å². The van der Waals surface area contributed by atoms with Crippen molar-refractivity contribution in [3.8, 4) is 0 Å². The Morgan fingerprint density at radius 2 is 1.73 bits per heavy atom. The summed E-state index contributed by atoms with van der Waals surface area (Å²) in [6.45, 7) is 3.48. The predicted molar refractivity (Wildman–Crippen MR) is 119 cm³/mol. The fourth-order valence-electron chi connectivity index (χ4n) is 4.08. The topological polar surface area (TPSA) is 125 Å². The van der Waals surface area contributed by atoms with E-state index in [9.17, 15) is 19.2 Å². The van der Waals surface area contributed by atoms with Crippen LogP contribution in [0.25, 0.3) is 0 Å². The van der Waals surface area contributed by atoms with Crippen LogP contribution in [0.4, 0.5) is 15.3 Å². The van der Waals surface area contributed by atoms with Crippen molar-refractivity contribution in [1.29, 1.82) is 0 Å². The average Bonchev–Trinajstić information content (AvgIpc) is 3.07. The minimum atomic E-state index is -0.787. The van der Waals surface area contributed by atoms with Crippen molar-refractivity contribution in [1.82, 2.24) is 15.3 Å². The van der Waals surface area contributed by atoms with Gasteiger partial charge in [-0.3, -0.25) is 9.59 Å². The number of urea groups is 1. The highest BCUT2D eigenvalue weighted by molar-refractivity contribution is 6.04. The number of hydroxylamine groups is 2. The van der Waals surface area contributed by atoms with E-state index in [2.05, 4.69) is 10.2 Å². The van der Waals surface area contributed by atoms with Crippen molar-refractivity contribution in [2.45, 2.75) is 19.4 Å². The summed E-state index contributed by atoms with van der Waals surface area (Å²) in [6.07, 6.45) is -0.455. The summed E-state index contributed by atoms with van der Waals surface area (Å²) in [4.78, 5) is 57.7. The highest BCUT2D eigenvalue weighted by atomic mass is 16.7. The number of primary amides is 1. The van der Waals surface area contributed by atoms with E-state index in [1.165, 1.54) is 4.90 Å². The van der Waals surface area contributed by atoms with Gasteiger partial charge in [0.15, 0.2) is 0 Å². The quantitative estimate of drug-likeness (QED) is 0.663. The molecule has 4 rings (SSSR count). The molecular weight excluding hydrogens is 426 g/mol. The van der Waals surface area contributed by atoms with Gasteiger partial charge in [-0.15, -0.1) is 0 Å². The predicted octanol–water partition coefficient (Wildman–Crippen LogP) is 1.43. The van der Waals surface area contributed by atoms with Crippen molar-refractivity contribution < 1.29 is 24.0 Å². The molecule has 2 aromatic rings. The highest BCUT2D eigenvalue weighted by Crippen LogP contribution is 2.24. The van der Waals surface area contributed by atoms with Gasteiger partial charge in [-0.2, -0.15) is 0 Å². The smallest absolute Gasteiger partial charge is 0.368 e. The van der Waals surface area contributed by atoms with E-state index in [1.807, 2.05) is 43.3 Å². The van der Waals surface area contributed by atoms with Gasteiger partial charge in [0.1, 0.15) is 6.04 Å². The SMILES string of the molecule is Cc1c(C(N)=O)cccc1N1CCN(C(=O)ON2C(=O)N[C@@H](Cc3ccccc3)C2=O)CC1. The highest BCUT2D eigenvalue weighted by Gasteiger charge is 2.42. The zero-order valence-electron chi connectivity index (χ0n) is 18.2. The lowest BCUT2D eigenvalue weighted by molar-refractivity contribution is -0.151. The second kappa shape index (κ2) is 9.19. The van der Waals surface area contributed by atoms with Crippen molar-refractivity contribution in [3.05, 3.63) is 65.2 Å². The molecule has 2 aliphatic rings. The van der Waals surface area contributed by atoms with Gasteiger partial charge in [0.05, 0.1) is 0 Å². The van der Waals surface area contributed by atoms with Gasteiger partial charge in [0, 0.05) is 43.9 Å². The number of rotatable bonds is 5. The molecule has 5 amide bonds. The number of nitrogens with two attached hydrogens (primary N) is 1. The molecule has 2 aromatic carbocycles. The van der Waals surface area contributed by atoms with E-state index in [4.69, 9.17) is 10.6 Å². The molecule has 2 aliphatic heterocycles. The van der Waals surface area contributed by atoms with Gasteiger partial charge in [0.25, 0.3) is 5.91 Å². The van der Waals surface area contributed by atoms with Crippen molar-refractivity contribution in [2.75, 3.05) is 31.1 Å². The summed E-state index contributed by atoms with van der Waals surface area (Å²) < 4.78 is 0. The second-order valence-corrected chi connectivity index (χ2v) is 7.97. The maximum atomic E-state index is 12.6. The molecule has 2 heterocycles. The lowest BCUT2D eigenvalue weighted by Gasteiger charge is -2.36. The maximum absolute atomic E-state index is 12.6. The number of anilines is 1. The van der Waals surface area contributed by atoms with Crippen LogP contribution in [0.3, 0.4) is 0 Å². The van der Waals surface area contributed by atoms with Crippen molar-refractivity contribution >= 4 is 29.6 Å². The Labute approximate surface area is 190 Å². The number of hydrogen-bond acceptors (Lipinski definition) is 6. The minimum Gasteiger partial charge on any atom is -0.368 e. The van der Waals surface area contributed by atoms with Crippen LogP contribution >= 0.6 is 0 Å². The number of nitrogens with zero attached hydrogens (tertiary/aromatic N) is 3. The molecule has 3 N–H and O–H groups in total. The Morgan fingerprint density at radius 3 is 2.39 bits per heavy atom. The molecule has 0 aromatic heterocycles. The number of piperazine rings is 1. The molecule has 1 atom stereocenters. The zero-order chi connectivity index (χ0) is 23.5. The third-order valence-electron chi connectivity index (χ3n) is 5.88. The van der Waals surface area contributed by atoms with Crippen LogP contribution in [-0.2, 0) is 16.1 Å². The summed E-state index contributed by atoms with van der Waals surface area (Å²) in [7, 11) is 0. The molecule has 0 saturated carbocycles. The van der Waals surface area contributed by atoms with Crippen LogP contribution in [0, 0.1) is 6.92 Å². The Kier molecular flexibility index (Phi) is 6.16. The summed E-state index contributed by atoms with van der Waals surface area (Å²) in [5.41, 5.74) is 8.43. The molecular formula is C23H25N5O5. The lowest BCUT2D eigenvalue weighted by Crippen LogP contribution is -2.51. The molecule has 0 unspecified atom stereocenters. The maximum Gasteiger partial charge on any atom is 0.434 e. The van der Waals surface area contributed by atoms with E-state index in [-0.39, 0.29) is 0 Å². The summed E-state index contributed by atoms with van der Waals surface area (Å²) in [5.74, 6) is -1.09. The number of hydrogen-bond donors (Lipinski definition) is 2. The monoisotopic (exact) mass is 451 g/mol. The second-order valence-electron chi connectivity index (χ2n) is 7.97. The normalized spacial score (nSPS) is 18.3. The van der Waals surface area contributed by atoms with E-state index in [1.54, 1.807) is 12.1 Å². The zero-order valence-corrected chi connectivity index (χ0v) is 18.2. The number of nitrogens with one attached hydrogen (secondary N) is 1. The van der Waals surface area contributed by atoms with Crippen molar-refractivity contribution in [2.24, 2.45) is 5.73 Å². The number of carbonyl (C=O) groups is 4. The molecule has 172 valence electrons. The van der Waals surface area contributed by atoms with E-state index >= 15 is 0 Å². The van der Waals surface area contributed by atoms with Crippen LogP contribution < -0.4 is 16.0 Å². The number of benzene rings is 2. The van der Waals surface area contributed by atoms with E-state index in [0.29, 0.717) is 43.2 Å². The Hall–Kier alpha value is -4.08. The summed E-state index contributed by atoms with van der Waals surface area (Å²) >= 11 is 0. The van der Waals surface area contributed by atoms with E-state index < -0.39 is 30.0 Å². The fraction of sp³-hybridized carbons (Fsp3) is 0.304. The van der Waals surface area contributed by atoms with Gasteiger partial charge < -0.3 is 25.7 Å². The third-order valence-corrected chi connectivity index (χ3v) is 5.88. The van der Waals surface area contributed by atoms with E-state index in [0.717, 1.165) is 16.8 Å². The summed E-state index contributed by atoms with van der Waals surface area (Å²) in [5, 5.41) is 3.06. The molecule has 0 bridgehead atoms. The molecule has 10 heteroatoms. The first-order valence-electron chi connectivity index (χ1n) is 10.6. The first-order chi connectivity index (χ1) is 15.8. The van der Waals surface area contributed by atoms with Crippen LogP contribution in [0.15, 0.2) is 48.5 Å². The standard InChI is InChI=1S/C23H25N5O5/c1-15-17(20(24)29)8-5-9-19(15)26-10-12-27(13-11-26)23(32)33-28-21(30)18(25-22(28)31)14-16-6-3-2-4-7-16/h2-9,18H,10-14H2,1H3,(H2,24,29)(H,25,31)/t18-/m0/s1. The molecule has 0 spiro atoms. The Balaban J connectivity index is 1.34. The first-order valence-corrected chi connectivity index (χ1v) is 10.6.